The van der Waals surface area contributed by atoms with Crippen LogP contribution in [0.15, 0.2) is 42.5 Å². The lowest BCUT2D eigenvalue weighted by Gasteiger charge is -2.12. The lowest BCUT2D eigenvalue weighted by Crippen LogP contribution is -2.00. The maximum absolute atomic E-state index is 13.0. The van der Waals surface area contributed by atoms with E-state index in [9.17, 15) is 4.39 Å². The minimum atomic E-state index is -0.251. The van der Waals surface area contributed by atoms with Crippen molar-refractivity contribution in [2.24, 2.45) is 0 Å². The number of ether oxygens (including phenoxy) is 1. The van der Waals surface area contributed by atoms with Gasteiger partial charge in [-0.15, -0.1) is 11.6 Å². The highest BCUT2D eigenvalue weighted by atomic mass is 35.5. The van der Waals surface area contributed by atoms with Crippen molar-refractivity contribution in [2.45, 2.75) is 19.4 Å². The molecule has 0 saturated heterocycles. The van der Waals surface area contributed by atoms with E-state index in [0.717, 1.165) is 22.4 Å². The maximum atomic E-state index is 13.0. The molecule has 2 aromatic carbocycles. The maximum Gasteiger partial charge on any atom is 0.127 e. The summed E-state index contributed by atoms with van der Waals surface area (Å²) in [5, 5.41) is 0. The van der Waals surface area contributed by atoms with E-state index in [2.05, 4.69) is 0 Å². The molecular weight excluding hydrogens is 251 g/mol. The molecule has 0 aliphatic rings. The fourth-order valence-corrected chi connectivity index (χ4v) is 2.02. The third-order valence-corrected chi connectivity index (χ3v) is 3.00. The molecule has 3 heteroatoms. The number of para-hydroxylation sites is 1. The molecule has 0 unspecified atom stereocenters. The van der Waals surface area contributed by atoms with Gasteiger partial charge in [-0.2, -0.15) is 0 Å². The smallest absolute Gasteiger partial charge is 0.127 e. The minimum Gasteiger partial charge on any atom is -0.488 e. The monoisotopic (exact) mass is 264 g/mol. The van der Waals surface area contributed by atoms with Crippen LogP contribution >= 0.6 is 11.6 Å². The highest BCUT2D eigenvalue weighted by Gasteiger charge is 2.06. The molecule has 18 heavy (non-hydrogen) atoms. The summed E-state index contributed by atoms with van der Waals surface area (Å²) in [6.45, 7) is 2.31. The second kappa shape index (κ2) is 5.87. The average Bonchev–Trinajstić information content (AvgIpc) is 2.37. The topological polar surface area (TPSA) is 9.23 Å². The van der Waals surface area contributed by atoms with Gasteiger partial charge in [0.15, 0.2) is 0 Å². The predicted molar refractivity (Wildman–Crippen MR) is 71.5 cm³/mol. The number of halogens is 2. The standard InChI is InChI=1S/C15H14ClFO/c1-11-4-2-6-13(9-16)15(11)18-10-12-5-3-7-14(17)8-12/h2-8H,9-10H2,1H3. The molecule has 0 heterocycles. The summed E-state index contributed by atoms with van der Waals surface area (Å²) in [6, 6.07) is 12.2. The average molecular weight is 265 g/mol. The van der Waals surface area contributed by atoms with Crippen LogP contribution in [0.3, 0.4) is 0 Å². The van der Waals surface area contributed by atoms with E-state index in [1.54, 1.807) is 6.07 Å². The zero-order chi connectivity index (χ0) is 13.0. The quantitative estimate of drug-likeness (QED) is 0.741. The van der Waals surface area contributed by atoms with Gasteiger partial charge in [-0.1, -0.05) is 30.3 Å². The molecule has 0 saturated carbocycles. The number of aryl methyl sites for hydroxylation is 1. The Labute approximate surface area is 111 Å². The van der Waals surface area contributed by atoms with Crippen molar-refractivity contribution >= 4 is 11.6 Å². The Morgan fingerprint density at radius 1 is 1.17 bits per heavy atom. The third kappa shape index (κ3) is 3.02. The molecule has 1 nitrogen and oxygen atoms in total. The summed E-state index contributed by atoms with van der Waals surface area (Å²) in [7, 11) is 0. The van der Waals surface area contributed by atoms with Crippen molar-refractivity contribution in [1.82, 2.24) is 0 Å². The van der Waals surface area contributed by atoms with E-state index in [4.69, 9.17) is 16.3 Å². The van der Waals surface area contributed by atoms with Crippen molar-refractivity contribution in [1.29, 1.82) is 0 Å². The fourth-order valence-electron chi connectivity index (χ4n) is 1.81. The molecule has 0 radical (unpaired) electrons. The number of hydrogen-bond acceptors (Lipinski definition) is 1. The normalized spacial score (nSPS) is 10.4. The summed E-state index contributed by atoms with van der Waals surface area (Å²) in [4.78, 5) is 0. The Balaban J connectivity index is 2.15. The van der Waals surface area contributed by atoms with E-state index < -0.39 is 0 Å². The highest BCUT2D eigenvalue weighted by molar-refractivity contribution is 6.17. The first-order chi connectivity index (χ1) is 8.70. The minimum absolute atomic E-state index is 0.251. The van der Waals surface area contributed by atoms with E-state index in [1.165, 1.54) is 12.1 Å². The Morgan fingerprint density at radius 2 is 1.94 bits per heavy atom. The third-order valence-electron chi connectivity index (χ3n) is 2.71. The lowest BCUT2D eigenvalue weighted by atomic mass is 10.1. The molecule has 2 aromatic rings. The molecule has 0 N–H and O–H groups in total. The van der Waals surface area contributed by atoms with Gasteiger partial charge in [0, 0.05) is 5.56 Å². The van der Waals surface area contributed by atoms with Crippen LogP contribution in [0.1, 0.15) is 16.7 Å². The summed E-state index contributed by atoms with van der Waals surface area (Å²) in [6.07, 6.45) is 0. The van der Waals surface area contributed by atoms with Crippen LogP contribution < -0.4 is 4.74 Å². The van der Waals surface area contributed by atoms with Gasteiger partial charge < -0.3 is 4.74 Å². The van der Waals surface area contributed by atoms with Crippen LogP contribution in [0, 0.1) is 12.7 Å². The van der Waals surface area contributed by atoms with Gasteiger partial charge in [-0.25, -0.2) is 4.39 Å². The second-order valence-corrected chi connectivity index (χ2v) is 4.38. The number of rotatable bonds is 4. The number of hydrogen-bond donors (Lipinski definition) is 0. The van der Waals surface area contributed by atoms with Crippen molar-refractivity contribution in [3.63, 3.8) is 0 Å². The Kier molecular flexibility index (Phi) is 4.21. The molecular formula is C15H14ClFO. The first-order valence-corrected chi connectivity index (χ1v) is 6.26. The van der Waals surface area contributed by atoms with E-state index in [0.29, 0.717) is 12.5 Å². The predicted octanol–water partition coefficient (Wildman–Crippen LogP) is 4.45. The first-order valence-electron chi connectivity index (χ1n) is 5.72. The molecule has 94 valence electrons. The largest absolute Gasteiger partial charge is 0.488 e. The van der Waals surface area contributed by atoms with E-state index in [1.807, 2.05) is 31.2 Å². The van der Waals surface area contributed by atoms with Gasteiger partial charge in [-0.3, -0.25) is 0 Å². The van der Waals surface area contributed by atoms with Crippen molar-refractivity contribution in [3.05, 3.63) is 65.0 Å². The number of benzene rings is 2. The molecule has 0 atom stereocenters. The fraction of sp³-hybridized carbons (Fsp3) is 0.200. The molecule has 0 aromatic heterocycles. The summed E-state index contributed by atoms with van der Waals surface area (Å²) < 4.78 is 18.8. The van der Waals surface area contributed by atoms with Crippen molar-refractivity contribution in [3.8, 4) is 5.75 Å². The van der Waals surface area contributed by atoms with Crippen LogP contribution in [0.4, 0.5) is 4.39 Å². The second-order valence-electron chi connectivity index (χ2n) is 4.12. The van der Waals surface area contributed by atoms with Crippen LogP contribution in [0.5, 0.6) is 5.75 Å². The van der Waals surface area contributed by atoms with Crippen LogP contribution in [-0.4, -0.2) is 0 Å². The summed E-state index contributed by atoms with van der Waals surface area (Å²) >= 11 is 5.87. The van der Waals surface area contributed by atoms with Crippen LogP contribution in [0.25, 0.3) is 0 Å². The molecule has 0 amide bonds. The first kappa shape index (κ1) is 12.9. The van der Waals surface area contributed by atoms with Gasteiger partial charge in [0.25, 0.3) is 0 Å². The Bertz CT molecular complexity index is 540. The molecule has 0 aliphatic carbocycles. The van der Waals surface area contributed by atoms with Crippen LogP contribution in [0.2, 0.25) is 0 Å². The molecule has 0 fully saturated rings. The molecule has 0 aliphatic heterocycles. The van der Waals surface area contributed by atoms with Crippen LogP contribution in [-0.2, 0) is 12.5 Å². The molecule has 2 rings (SSSR count). The summed E-state index contributed by atoms with van der Waals surface area (Å²) in [5.74, 6) is 0.940. The molecule has 0 spiro atoms. The van der Waals surface area contributed by atoms with Gasteiger partial charge >= 0.3 is 0 Å². The SMILES string of the molecule is Cc1cccc(CCl)c1OCc1cccc(F)c1. The van der Waals surface area contributed by atoms with Gasteiger partial charge in [0.2, 0.25) is 0 Å². The van der Waals surface area contributed by atoms with Gasteiger partial charge in [0.1, 0.15) is 18.2 Å². The zero-order valence-electron chi connectivity index (χ0n) is 10.1. The summed E-state index contributed by atoms with van der Waals surface area (Å²) in [5.41, 5.74) is 2.79. The Morgan fingerprint density at radius 3 is 2.67 bits per heavy atom. The van der Waals surface area contributed by atoms with E-state index in [-0.39, 0.29) is 5.82 Å². The number of alkyl halides is 1. The lowest BCUT2D eigenvalue weighted by molar-refractivity contribution is 0.301. The van der Waals surface area contributed by atoms with E-state index >= 15 is 0 Å². The Hall–Kier alpha value is -1.54. The molecule has 0 bridgehead atoms. The highest BCUT2D eigenvalue weighted by Crippen LogP contribution is 2.25. The zero-order valence-corrected chi connectivity index (χ0v) is 10.9. The van der Waals surface area contributed by atoms with Crippen molar-refractivity contribution < 1.29 is 9.13 Å². The van der Waals surface area contributed by atoms with Gasteiger partial charge in [0.05, 0.1) is 5.88 Å². The van der Waals surface area contributed by atoms with Crippen molar-refractivity contribution in [2.75, 3.05) is 0 Å². The van der Waals surface area contributed by atoms with Gasteiger partial charge in [-0.05, 0) is 30.2 Å².